The van der Waals surface area contributed by atoms with Gasteiger partial charge in [-0.1, -0.05) is 28.2 Å². The molecule has 0 aliphatic heterocycles. The Bertz CT molecular complexity index is 362. The molecule has 1 saturated carbocycles. The highest BCUT2D eigenvalue weighted by Crippen LogP contribution is 2.26. The van der Waals surface area contributed by atoms with Crippen LogP contribution in [0.2, 0.25) is 0 Å². The van der Waals surface area contributed by atoms with E-state index in [1.165, 1.54) is 30.1 Å². The van der Waals surface area contributed by atoms with Crippen molar-refractivity contribution in [3.63, 3.8) is 0 Å². The molecule has 0 spiro atoms. The number of hydrogen-bond acceptors (Lipinski definition) is 3. The van der Waals surface area contributed by atoms with E-state index in [1.807, 2.05) is 0 Å². The van der Waals surface area contributed by atoms with Crippen molar-refractivity contribution < 1.29 is 14.1 Å². The van der Waals surface area contributed by atoms with E-state index in [2.05, 4.69) is 5.10 Å². The molecule has 0 amide bonds. The maximum Gasteiger partial charge on any atom is 0.220 e. The van der Waals surface area contributed by atoms with Gasteiger partial charge in [-0.25, -0.2) is 0 Å². The zero-order chi connectivity index (χ0) is 12.3. The monoisotopic (exact) mass is 245 g/mol. The average Bonchev–Trinajstić information content (AvgIpc) is 2.73. The Morgan fingerprint density at radius 2 is 2.06 bits per heavy atom. The molecule has 0 radical (unpaired) electrons. The fourth-order valence-electron chi connectivity index (χ4n) is 2.43. The number of hydrogen-bond donors (Lipinski definition) is 1. The van der Waals surface area contributed by atoms with Gasteiger partial charge in [0, 0.05) is 18.3 Å². The van der Waals surface area contributed by atoms with Crippen molar-refractivity contribution in [3.8, 4) is 0 Å². The molecule has 0 aromatic carbocycles. The van der Waals surface area contributed by atoms with Crippen LogP contribution in [-0.2, 0) is 13.2 Å². The number of aliphatic hydroxyl groups is 1. The Morgan fingerprint density at radius 3 is 2.59 bits per heavy atom. The van der Waals surface area contributed by atoms with Gasteiger partial charge >= 0.3 is 0 Å². The van der Waals surface area contributed by atoms with E-state index in [-0.39, 0.29) is 5.56 Å². The van der Waals surface area contributed by atoms with Gasteiger partial charge in [0.05, 0.1) is 6.61 Å². The lowest BCUT2D eigenvalue weighted by Gasteiger charge is -2.21. The fraction of sp³-hybridized carbons (Fsp3) is 0.727. The van der Waals surface area contributed by atoms with Gasteiger partial charge in [-0.15, -0.1) is 5.10 Å². The molecule has 1 aromatic rings. The highest BCUT2D eigenvalue weighted by atomic mass is 19.4. The van der Waals surface area contributed by atoms with Crippen molar-refractivity contribution in [1.29, 1.82) is 0 Å². The van der Waals surface area contributed by atoms with Crippen LogP contribution in [0.1, 0.15) is 37.7 Å². The quantitative estimate of drug-likeness (QED) is 0.829. The number of nitrogens with zero attached hydrogens (tertiary/aromatic N) is 3. The van der Waals surface area contributed by atoms with Crippen LogP contribution in [0, 0.1) is 5.92 Å². The van der Waals surface area contributed by atoms with Gasteiger partial charge in [0.25, 0.3) is 0 Å². The average molecular weight is 245 g/mol. The van der Waals surface area contributed by atoms with E-state index in [0.29, 0.717) is 12.5 Å². The minimum atomic E-state index is -1.04. The second kappa shape index (κ2) is 5.44. The molecule has 0 saturated heterocycles. The maximum absolute atomic E-state index is 12.5. The summed E-state index contributed by atoms with van der Waals surface area (Å²) in [6.07, 6.45) is 7.48. The summed E-state index contributed by atoms with van der Waals surface area (Å²) in [7, 11) is 0. The molecular formula is C11H17F2N3O. The maximum atomic E-state index is 12.5. The topological polar surface area (TPSA) is 41.3 Å². The minimum absolute atomic E-state index is 0.172. The summed E-state index contributed by atoms with van der Waals surface area (Å²) >= 11 is 0. The first-order chi connectivity index (χ1) is 8.20. The number of rotatable bonds is 4. The zero-order valence-electron chi connectivity index (χ0n) is 9.65. The van der Waals surface area contributed by atoms with Gasteiger partial charge in [-0.3, -0.25) is 4.68 Å². The van der Waals surface area contributed by atoms with Crippen LogP contribution in [0.5, 0.6) is 0 Å². The zero-order valence-corrected chi connectivity index (χ0v) is 9.65. The smallest absolute Gasteiger partial charge is 0.220 e. The van der Waals surface area contributed by atoms with Crippen LogP contribution in [0.3, 0.4) is 0 Å². The third-order valence-corrected chi connectivity index (χ3v) is 3.32. The fourth-order valence-corrected chi connectivity index (χ4v) is 2.43. The van der Waals surface area contributed by atoms with Gasteiger partial charge in [-0.05, 0) is 24.1 Å². The van der Waals surface area contributed by atoms with Crippen molar-refractivity contribution in [2.24, 2.45) is 5.92 Å². The molecule has 96 valence electrons. The number of aromatic nitrogens is 2. The Kier molecular flexibility index (Phi) is 3.93. The van der Waals surface area contributed by atoms with Gasteiger partial charge in [0.1, 0.15) is 0 Å². The van der Waals surface area contributed by atoms with Gasteiger partial charge in [0.2, 0.25) is 5.82 Å². The van der Waals surface area contributed by atoms with Gasteiger partial charge in [-0.2, -0.15) is 0 Å². The number of aliphatic hydroxyl groups excluding tert-OH is 1. The van der Waals surface area contributed by atoms with E-state index in [0.717, 1.165) is 12.8 Å². The van der Waals surface area contributed by atoms with E-state index in [4.69, 9.17) is 5.11 Å². The van der Waals surface area contributed by atoms with E-state index in [1.54, 1.807) is 0 Å². The van der Waals surface area contributed by atoms with Crippen LogP contribution < -0.4 is 5.34 Å². The van der Waals surface area contributed by atoms with Crippen LogP contribution in [0.15, 0.2) is 6.20 Å². The van der Waals surface area contributed by atoms with Crippen molar-refractivity contribution >= 4 is 5.82 Å². The molecule has 0 atom stereocenters. The Hall–Kier alpha value is -1.17. The lowest BCUT2D eigenvalue weighted by atomic mass is 9.89. The summed E-state index contributed by atoms with van der Waals surface area (Å²) in [5.74, 6) is 0.0824. The van der Waals surface area contributed by atoms with Crippen molar-refractivity contribution in [2.45, 2.75) is 45.3 Å². The lowest BCUT2D eigenvalue weighted by Crippen LogP contribution is -2.14. The molecule has 0 unspecified atom stereocenters. The Balaban J connectivity index is 2.05. The van der Waals surface area contributed by atoms with Gasteiger partial charge < -0.3 is 5.11 Å². The first kappa shape index (κ1) is 12.3. The van der Waals surface area contributed by atoms with Crippen LogP contribution in [0.4, 0.5) is 14.8 Å². The molecule has 1 fully saturated rings. The Labute approximate surface area is 98.7 Å². The van der Waals surface area contributed by atoms with E-state index < -0.39 is 17.8 Å². The SMILES string of the molecule is OCc1cn(CC2CCCCC2)nc1N(F)F. The molecule has 6 heteroatoms. The molecule has 1 aromatic heterocycles. The molecule has 1 aliphatic rings. The molecular weight excluding hydrogens is 228 g/mol. The van der Waals surface area contributed by atoms with Crippen LogP contribution >= 0.6 is 0 Å². The molecule has 1 N–H and O–H groups in total. The predicted molar refractivity (Wildman–Crippen MR) is 59.4 cm³/mol. The first-order valence-corrected chi connectivity index (χ1v) is 5.99. The van der Waals surface area contributed by atoms with Crippen molar-refractivity contribution in [1.82, 2.24) is 9.78 Å². The largest absolute Gasteiger partial charge is 0.391 e. The lowest BCUT2D eigenvalue weighted by molar-refractivity contribution is 0.223. The van der Waals surface area contributed by atoms with Gasteiger partial charge in [0.15, 0.2) is 0 Å². The summed E-state index contributed by atoms with van der Waals surface area (Å²) in [4.78, 5) is 0. The van der Waals surface area contributed by atoms with Crippen molar-refractivity contribution in [2.75, 3.05) is 5.34 Å². The number of halogens is 2. The second-order valence-corrected chi connectivity index (χ2v) is 4.60. The summed E-state index contributed by atoms with van der Waals surface area (Å²) in [6, 6.07) is 0. The second-order valence-electron chi connectivity index (χ2n) is 4.60. The molecule has 2 rings (SSSR count). The molecule has 0 bridgehead atoms. The Morgan fingerprint density at radius 1 is 1.35 bits per heavy atom. The molecule has 1 heterocycles. The minimum Gasteiger partial charge on any atom is -0.391 e. The number of anilines is 1. The van der Waals surface area contributed by atoms with E-state index in [9.17, 15) is 8.96 Å². The summed E-state index contributed by atoms with van der Waals surface area (Å²) < 4.78 is 26.4. The predicted octanol–water partition coefficient (Wildman–Crippen LogP) is 2.53. The normalized spacial score (nSPS) is 17.4. The van der Waals surface area contributed by atoms with Crippen LogP contribution in [0.25, 0.3) is 0 Å². The highest BCUT2D eigenvalue weighted by Gasteiger charge is 2.18. The molecule has 1 aliphatic carbocycles. The molecule has 4 nitrogen and oxygen atoms in total. The van der Waals surface area contributed by atoms with Crippen LogP contribution in [-0.4, -0.2) is 14.9 Å². The molecule has 17 heavy (non-hydrogen) atoms. The summed E-state index contributed by atoms with van der Waals surface area (Å²) in [5.41, 5.74) is 0.172. The van der Waals surface area contributed by atoms with Crippen molar-refractivity contribution in [3.05, 3.63) is 11.8 Å². The summed E-state index contributed by atoms with van der Waals surface area (Å²) in [5, 5.41) is 11.7. The standard InChI is InChI=1S/C11H17F2N3O/c12-16(13)11-10(8-17)7-15(14-11)6-9-4-2-1-3-5-9/h7,9,17H,1-6,8H2. The third-order valence-electron chi connectivity index (χ3n) is 3.32. The highest BCUT2D eigenvalue weighted by molar-refractivity contribution is 5.40. The third kappa shape index (κ3) is 2.94. The first-order valence-electron chi connectivity index (χ1n) is 5.99. The van der Waals surface area contributed by atoms with E-state index >= 15 is 0 Å². The summed E-state index contributed by atoms with van der Waals surface area (Å²) in [6.45, 7) is 0.255.